The molecular weight excluding hydrogens is 312 g/mol. The minimum absolute atomic E-state index is 0.167. The zero-order valence-corrected chi connectivity index (χ0v) is 11.8. The summed E-state index contributed by atoms with van der Waals surface area (Å²) in [5.41, 5.74) is 7.09. The lowest BCUT2D eigenvalue weighted by Crippen LogP contribution is -2.16. The lowest BCUT2D eigenvalue weighted by Gasteiger charge is -2.17. The van der Waals surface area contributed by atoms with E-state index in [1.54, 1.807) is 24.3 Å². The van der Waals surface area contributed by atoms with E-state index < -0.39 is 0 Å². The molecule has 0 amide bonds. The molecule has 19 heavy (non-hydrogen) atoms. The number of hydrogen-bond acceptors (Lipinski definition) is 1. The Balaban J connectivity index is 2.29. The van der Waals surface area contributed by atoms with Gasteiger partial charge in [-0.1, -0.05) is 34.1 Å². The molecule has 0 aliphatic rings. The van der Waals surface area contributed by atoms with Crippen LogP contribution in [-0.2, 0) is 6.42 Å². The minimum Gasteiger partial charge on any atom is -0.330 e. The van der Waals surface area contributed by atoms with Crippen LogP contribution in [0.5, 0.6) is 0 Å². The quantitative estimate of drug-likeness (QED) is 0.903. The van der Waals surface area contributed by atoms with Gasteiger partial charge in [0.05, 0.1) is 0 Å². The molecule has 0 saturated heterocycles. The molecule has 0 saturated carbocycles. The molecule has 1 unspecified atom stereocenters. The summed E-state index contributed by atoms with van der Waals surface area (Å²) >= 11 is 3.38. The molecule has 0 heterocycles. The summed E-state index contributed by atoms with van der Waals surface area (Å²) in [7, 11) is 0. The lowest BCUT2D eigenvalue weighted by molar-refractivity contribution is 0.573. The second-order valence-electron chi connectivity index (χ2n) is 4.39. The van der Waals surface area contributed by atoms with E-state index in [2.05, 4.69) is 15.9 Å². The van der Waals surface area contributed by atoms with Gasteiger partial charge in [-0.3, -0.25) is 0 Å². The Morgan fingerprint density at radius 2 is 1.84 bits per heavy atom. The summed E-state index contributed by atoms with van der Waals surface area (Å²) in [4.78, 5) is 0. The zero-order valence-electron chi connectivity index (χ0n) is 10.2. The molecular formula is C15H14BrF2N. The fourth-order valence-electron chi connectivity index (χ4n) is 2.09. The van der Waals surface area contributed by atoms with Gasteiger partial charge in [-0.05, 0) is 48.4 Å². The van der Waals surface area contributed by atoms with Crippen molar-refractivity contribution in [2.75, 3.05) is 6.54 Å². The third-order valence-corrected chi connectivity index (χ3v) is 3.88. The van der Waals surface area contributed by atoms with E-state index in [9.17, 15) is 8.78 Å². The predicted octanol–water partition coefficient (Wildman–Crippen LogP) is 4.01. The lowest BCUT2D eigenvalue weighted by atomic mass is 9.91. The van der Waals surface area contributed by atoms with Crippen LogP contribution < -0.4 is 5.73 Å². The molecule has 0 spiro atoms. The summed E-state index contributed by atoms with van der Waals surface area (Å²) in [6.45, 7) is 0.309. The molecule has 2 N–H and O–H groups in total. The molecule has 0 aliphatic heterocycles. The summed E-state index contributed by atoms with van der Waals surface area (Å²) in [6.07, 6.45) is 0.496. The summed E-state index contributed by atoms with van der Waals surface area (Å²) in [5, 5.41) is 0. The van der Waals surface area contributed by atoms with Crippen LogP contribution in [0, 0.1) is 11.6 Å². The van der Waals surface area contributed by atoms with Crippen molar-refractivity contribution in [3.05, 3.63) is 69.7 Å². The average molecular weight is 326 g/mol. The number of halogens is 3. The molecule has 0 radical (unpaired) electrons. The van der Waals surface area contributed by atoms with Gasteiger partial charge in [0.1, 0.15) is 11.6 Å². The Kier molecular flexibility index (Phi) is 4.66. The van der Waals surface area contributed by atoms with Crippen LogP contribution in [0.3, 0.4) is 0 Å². The maximum atomic E-state index is 13.8. The average Bonchev–Trinajstić information content (AvgIpc) is 2.41. The van der Waals surface area contributed by atoms with Gasteiger partial charge in [0.25, 0.3) is 0 Å². The number of nitrogens with two attached hydrogens (primary N) is 1. The molecule has 100 valence electrons. The first-order valence-corrected chi connectivity index (χ1v) is 6.79. The van der Waals surface area contributed by atoms with E-state index in [1.807, 2.05) is 0 Å². The normalized spacial score (nSPS) is 12.4. The highest BCUT2D eigenvalue weighted by Crippen LogP contribution is 2.27. The topological polar surface area (TPSA) is 26.0 Å². The molecule has 2 aromatic carbocycles. The van der Waals surface area contributed by atoms with Crippen molar-refractivity contribution in [1.29, 1.82) is 0 Å². The van der Waals surface area contributed by atoms with Crippen LogP contribution in [-0.4, -0.2) is 6.54 Å². The van der Waals surface area contributed by atoms with Crippen LogP contribution in [0.2, 0.25) is 0 Å². The fourth-order valence-corrected chi connectivity index (χ4v) is 2.50. The van der Waals surface area contributed by atoms with E-state index in [-0.39, 0.29) is 17.6 Å². The van der Waals surface area contributed by atoms with Gasteiger partial charge in [-0.25, -0.2) is 8.78 Å². The molecule has 4 heteroatoms. The van der Waals surface area contributed by atoms with Gasteiger partial charge < -0.3 is 5.73 Å². The summed E-state index contributed by atoms with van der Waals surface area (Å²) in [6, 6.07) is 11.0. The van der Waals surface area contributed by atoms with E-state index in [4.69, 9.17) is 5.73 Å². The van der Waals surface area contributed by atoms with E-state index in [0.717, 1.165) is 10.0 Å². The first-order chi connectivity index (χ1) is 9.11. The monoisotopic (exact) mass is 325 g/mol. The molecule has 0 bridgehead atoms. The smallest absolute Gasteiger partial charge is 0.126 e. The second-order valence-corrected chi connectivity index (χ2v) is 5.25. The summed E-state index contributed by atoms with van der Waals surface area (Å²) in [5.74, 6) is -0.743. The summed E-state index contributed by atoms with van der Waals surface area (Å²) < 4.78 is 27.8. The Hall–Kier alpha value is -1.26. The number of benzene rings is 2. The van der Waals surface area contributed by atoms with E-state index in [1.165, 1.54) is 18.2 Å². The van der Waals surface area contributed by atoms with Crippen molar-refractivity contribution >= 4 is 15.9 Å². The highest BCUT2D eigenvalue weighted by Gasteiger charge is 2.16. The van der Waals surface area contributed by atoms with Crippen LogP contribution in [0.1, 0.15) is 17.0 Å². The second kappa shape index (κ2) is 6.26. The van der Waals surface area contributed by atoms with Crippen LogP contribution in [0.25, 0.3) is 0 Å². The Morgan fingerprint density at radius 1 is 1.11 bits per heavy atom. The molecule has 0 fully saturated rings. The third kappa shape index (κ3) is 3.39. The van der Waals surface area contributed by atoms with Crippen molar-refractivity contribution in [3.8, 4) is 0 Å². The largest absolute Gasteiger partial charge is 0.330 e. The van der Waals surface area contributed by atoms with Crippen molar-refractivity contribution in [2.45, 2.75) is 12.3 Å². The van der Waals surface area contributed by atoms with Gasteiger partial charge in [-0.2, -0.15) is 0 Å². The first kappa shape index (κ1) is 14.2. The van der Waals surface area contributed by atoms with E-state index >= 15 is 0 Å². The Labute approximate surface area is 119 Å². The standard InChI is InChI=1S/C15H14BrF2N/c16-14-6-5-12(17)8-10(14)7-11(9-19)13-3-1-2-4-15(13)18/h1-6,8,11H,7,9,19H2. The third-order valence-electron chi connectivity index (χ3n) is 3.10. The predicted molar refractivity (Wildman–Crippen MR) is 76.0 cm³/mol. The highest BCUT2D eigenvalue weighted by atomic mass is 79.9. The molecule has 2 rings (SSSR count). The van der Waals surface area contributed by atoms with Gasteiger partial charge >= 0.3 is 0 Å². The zero-order chi connectivity index (χ0) is 13.8. The Morgan fingerprint density at radius 3 is 2.53 bits per heavy atom. The van der Waals surface area contributed by atoms with Crippen LogP contribution >= 0.6 is 15.9 Å². The Bertz CT molecular complexity index is 572. The molecule has 0 aliphatic carbocycles. The van der Waals surface area contributed by atoms with Gasteiger partial charge in [0, 0.05) is 10.4 Å². The maximum absolute atomic E-state index is 13.8. The van der Waals surface area contributed by atoms with E-state index in [0.29, 0.717) is 18.5 Å². The molecule has 0 aromatic heterocycles. The SMILES string of the molecule is NCC(Cc1cc(F)ccc1Br)c1ccccc1F. The van der Waals surface area contributed by atoms with Crippen molar-refractivity contribution in [2.24, 2.45) is 5.73 Å². The maximum Gasteiger partial charge on any atom is 0.126 e. The van der Waals surface area contributed by atoms with Crippen molar-refractivity contribution in [1.82, 2.24) is 0 Å². The molecule has 1 atom stereocenters. The number of rotatable bonds is 4. The minimum atomic E-state index is -0.303. The molecule has 1 nitrogen and oxygen atoms in total. The van der Waals surface area contributed by atoms with Crippen molar-refractivity contribution in [3.63, 3.8) is 0 Å². The molecule has 2 aromatic rings. The van der Waals surface area contributed by atoms with Crippen LogP contribution in [0.15, 0.2) is 46.9 Å². The number of hydrogen-bond donors (Lipinski definition) is 1. The fraction of sp³-hybridized carbons (Fsp3) is 0.200. The van der Waals surface area contributed by atoms with Gasteiger partial charge in [-0.15, -0.1) is 0 Å². The van der Waals surface area contributed by atoms with Crippen LogP contribution in [0.4, 0.5) is 8.78 Å². The first-order valence-electron chi connectivity index (χ1n) is 6.00. The van der Waals surface area contributed by atoms with Gasteiger partial charge in [0.2, 0.25) is 0 Å². The van der Waals surface area contributed by atoms with Gasteiger partial charge in [0.15, 0.2) is 0 Å². The highest BCUT2D eigenvalue weighted by molar-refractivity contribution is 9.10. The van der Waals surface area contributed by atoms with Crippen molar-refractivity contribution < 1.29 is 8.78 Å².